The fourth-order valence-electron chi connectivity index (χ4n) is 3.56. The third-order valence-electron chi connectivity index (χ3n) is 5.21. The SMILES string of the molecule is C[C@@H](O)c1ccc(C2(CNS(=O)(=O)c3ccc(C(F)(F)F)cc3)CCCC2)s1. The molecule has 2 N–H and O–H groups in total. The van der Waals surface area contributed by atoms with Crippen molar-refractivity contribution in [3.05, 3.63) is 51.7 Å². The summed E-state index contributed by atoms with van der Waals surface area (Å²) in [6.45, 7) is 1.86. The molecule has 0 aliphatic heterocycles. The first kappa shape index (κ1) is 21.3. The molecule has 2 aromatic rings. The van der Waals surface area contributed by atoms with Crippen molar-refractivity contribution in [1.29, 1.82) is 0 Å². The number of halogens is 3. The highest BCUT2D eigenvalue weighted by molar-refractivity contribution is 7.89. The first-order valence-corrected chi connectivity index (χ1v) is 11.3. The molecule has 0 bridgehead atoms. The lowest BCUT2D eigenvalue weighted by molar-refractivity contribution is -0.137. The van der Waals surface area contributed by atoms with Crippen molar-refractivity contribution in [2.24, 2.45) is 0 Å². The summed E-state index contributed by atoms with van der Waals surface area (Å²) in [5, 5.41) is 9.77. The Balaban J connectivity index is 1.79. The van der Waals surface area contributed by atoms with Crippen LogP contribution in [0.15, 0.2) is 41.3 Å². The third-order valence-corrected chi connectivity index (χ3v) is 8.13. The molecule has 1 aliphatic rings. The molecule has 0 spiro atoms. The van der Waals surface area contributed by atoms with Crippen LogP contribution in [0.1, 0.15) is 54.0 Å². The minimum Gasteiger partial charge on any atom is -0.388 e. The molecule has 0 unspecified atom stereocenters. The van der Waals surface area contributed by atoms with Gasteiger partial charge in [-0.25, -0.2) is 13.1 Å². The molecule has 0 saturated heterocycles. The largest absolute Gasteiger partial charge is 0.416 e. The van der Waals surface area contributed by atoms with Crippen molar-refractivity contribution in [3.63, 3.8) is 0 Å². The maximum Gasteiger partial charge on any atom is 0.416 e. The second kappa shape index (κ2) is 7.78. The smallest absolute Gasteiger partial charge is 0.388 e. The van der Waals surface area contributed by atoms with Gasteiger partial charge in [0, 0.05) is 21.7 Å². The van der Waals surface area contributed by atoms with Crippen molar-refractivity contribution in [3.8, 4) is 0 Å². The van der Waals surface area contributed by atoms with Crippen LogP contribution in [0.25, 0.3) is 0 Å². The number of alkyl halides is 3. The van der Waals surface area contributed by atoms with Crippen molar-refractivity contribution in [2.75, 3.05) is 6.54 Å². The van der Waals surface area contributed by atoms with Gasteiger partial charge >= 0.3 is 6.18 Å². The number of nitrogens with one attached hydrogen (secondary N) is 1. The van der Waals surface area contributed by atoms with E-state index in [1.54, 1.807) is 6.92 Å². The number of aliphatic hydroxyl groups is 1. The third kappa shape index (κ3) is 4.42. The molecule has 154 valence electrons. The molecule has 9 heteroatoms. The summed E-state index contributed by atoms with van der Waals surface area (Å²) in [6, 6.07) is 7.29. The molecule has 28 heavy (non-hydrogen) atoms. The molecule has 4 nitrogen and oxygen atoms in total. The molecule has 1 aromatic heterocycles. The van der Waals surface area contributed by atoms with E-state index in [0.717, 1.165) is 59.7 Å². The highest BCUT2D eigenvalue weighted by Crippen LogP contribution is 2.44. The zero-order valence-corrected chi connectivity index (χ0v) is 16.9. The maximum absolute atomic E-state index is 12.7. The second-order valence-electron chi connectivity index (χ2n) is 7.21. The molecule has 1 saturated carbocycles. The molecular weight excluding hydrogens is 411 g/mol. The van der Waals surface area contributed by atoms with Crippen LogP contribution in [-0.4, -0.2) is 20.1 Å². The van der Waals surface area contributed by atoms with Gasteiger partial charge in [0.2, 0.25) is 10.0 Å². The molecule has 1 aromatic carbocycles. The van der Waals surface area contributed by atoms with Crippen LogP contribution in [0.3, 0.4) is 0 Å². The zero-order chi connectivity index (χ0) is 20.6. The van der Waals surface area contributed by atoms with Crippen LogP contribution < -0.4 is 4.72 Å². The Hall–Kier alpha value is -1.42. The first-order valence-electron chi connectivity index (χ1n) is 8.99. The second-order valence-corrected chi connectivity index (χ2v) is 10.1. The van der Waals surface area contributed by atoms with Crippen molar-refractivity contribution in [1.82, 2.24) is 4.72 Å². The van der Waals surface area contributed by atoms with Gasteiger partial charge in [-0.15, -0.1) is 11.3 Å². The van der Waals surface area contributed by atoms with E-state index in [1.165, 1.54) is 11.3 Å². The van der Waals surface area contributed by atoms with Crippen molar-refractivity contribution in [2.45, 2.75) is 55.2 Å². The van der Waals surface area contributed by atoms with Gasteiger partial charge < -0.3 is 5.11 Å². The molecular formula is C19H22F3NO3S2. The summed E-state index contributed by atoms with van der Waals surface area (Å²) >= 11 is 1.48. The minimum absolute atomic E-state index is 0.177. The summed E-state index contributed by atoms with van der Waals surface area (Å²) < 4.78 is 65.9. The van der Waals surface area contributed by atoms with E-state index in [2.05, 4.69) is 4.72 Å². The fraction of sp³-hybridized carbons (Fsp3) is 0.474. The van der Waals surface area contributed by atoms with Crippen LogP contribution in [0.4, 0.5) is 13.2 Å². The van der Waals surface area contributed by atoms with Gasteiger partial charge in [0.15, 0.2) is 0 Å². The van der Waals surface area contributed by atoms with E-state index in [4.69, 9.17) is 0 Å². The lowest BCUT2D eigenvalue weighted by atomic mass is 9.85. The summed E-state index contributed by atoms with van der Waals surface area (Å²) in [7, 11) is -3.93. The van der Waals surface area contributed by atoms with E-state index in [-0.39, 0.29) is 16.9 Å². The Bertz CT molecular complexity index is 913. The monoisotopic (exact) mass is 433 g/mol. The van der Waals surface area contributed by atoms with E-state index < -0.39 is 27.9 Å². The van der Waals surface area contributed by atoms with Gasteiger partial charge in [0.25, 0.3) is 0 Å². The van der Waals surface area contributed by atoms with Gasteiger partial charge in [0.1, 0.15) is 0 Å². The number of benzene rings is 1. The average Bonchev–Trinajstić information content (AvgIpc) is 3.30. The summed E-state index contributed by atoms with van der Waals surface area (Å²) in [6.07, 6.45) is -1.50. The van der Waals surface area contributed by atoms with Crippen molar-refractivity contribution < 1.29 is 26.7 Å². The Morgan fingerprint density at radius 1 is 1.14 bits per heavy atom. The van der Waals surface area contributed by atoms with Gasteiger partial charge in [-0.1, -0.05) is 12.8 Å². The molecule has 1 aliphatic carbocycles. The lowest BCUT2D eigenvalue weighted by Gasteiger charge is -2.28. The summed E-state index contributed by atoms with van der Waals surface area (Å²) in [5.41, 5.74) is -1.24. The molecule has 0 amide bonds. The van der Waals surface area contributed by atoms with Gasteiger partial charge in [-0.3, -0.25) is 0 Å². The topological polar surface area (TPSA) is 66.4 Å². The zero-order valence-electron chi connectivity index (χ0n) is 15.3. The van der Waals surface area contributed by atoms with Gasteiger partial charge in [-0.2, -0.15) is 13.2 Å². The Kier molecular flexibility index (Phi) is 5.91. The van der Waals surface area contributed by atoms with E-state index in [9.17, 15) is 26.7 Å². The fourth-order valence-corrected chi connectivity index (χ4v) is 5.88. The highest BCUT2D eigenvalue weighted by Gasteiger charge is 2.38. The Morgan fingerprint density at radius 2 is 1.75 bits per heavy atom. The minimum atomic E-state index is -4.51. The van der Waals surface area contributed by atoms with Crippen LogP contribution >= 0.6 is 11.3 Å². The highest BCUT2D eigenvalue weighted by atomic mass is 32.2. The molecule has 0 radical (unpaired) electrons. The molecule has 1 fully saturated rings. The normalized spacial score (nSPS) is 18.3. The maximum atomic E-state index is 12.7. The number of rotatable bonds is 6. The van der Waals surface area contributed by atoms with E-state index in [1.807, 2.05) is 12.1 Å². The van der Waals surface area contributed by atoms with E-state index in [0.29, 0.717) is 0 Å². The first-order chi connectivity index (χ1) is 13.0. The number of hydrogen-bond acceptors (Lipinski definition) is 4. The number of sulfonamides is 1. The number of aliphatic hydroxyl groups excluding tert-OH is 1. The Morgan fingerprint density at radius 3 is 2.25 bits per heavy atom. The van der Waals surface area contributed by atoms with Crippen LogP contribution in [-0.2, 0) is 21.6 Å². The van der Waals surface area contributed by atoms with Gasteiger partial charge in [-0.05, 0) is 56.2 Å². The van der Waals surface area contributed by atoms with Crippen LogP contribution in [0.2, 0.25) is 0 Å². The standard InChI is InChI=1S/C19H22F3NO3S2/c1-13(24)16-8-9-17(27-16)18(10-2-3-11-18)12-23-28(25,26)15-6-4-14(5-7-15)19(20,21)22/h4-9,13,23-24H,2-3,10-12H2,1H3/t13-/m1/s1. The predicted octanol–water partition coefficient (Wildman–Crippen LogP) is 4.61. The van der Waals surface area contributed by atoms with E-state index >= 15 is 0 Å². The molecule has 3 rings (SSSR count). The number of hydrogen-bond donors (Lipinski definition) is 2. The average molecular weight is 434 g/mol. The number of thiophene rings is 1. The van der Waals surface area contributed by atoms with Crippen molar-refractivity contribution >= 4 is 21.4 Å². The quantitative estimate of drug-likeness (QED) is 0.699. The van der Waals surface area contributed by atoms with Crippen LogP contribution in [0, 0.1) is 0 Å². The summed E-state index contributed by atoms with van der Waals surface area (Å²) in [4.78, 5) is 1.66. The molecule has 1 heterocycles. The van der Waals surface area contributed by atoms with Gasteiger partial charge in [0.05, 0.1) is 16.6 Å². The predicted molar refractivity (Wildman–Crippen MR) is 102 cm³/mol. The summed E-state index contributed by atoms with van der Waals surface area (Å²) in [5.74, 6) is 0. The van der Waals surface area contributed by atoms with Crippen LogP contribution in [0.5, 0.6) is 0 Å². The lowest BCUT2D eigenvalue weighted by Crippen LogP contribution is -2.38. The Labute approximate surface area is 166 Å². The molecule has 1 atom stereocenters.